The van der Waals surface area contributed by atoms with Gasteiger partial charge in [-0.15, -0.1) is 0 Å². The molecule has 1 aliphatic rings. The van der Waals surface area contributed by atoms with E-state index < -0.39 is 0 Å². The van der Waals surface area contributed by atoms with Gasteiger partial charge >= 0.3 is 5.97 Å². The van der Waals surface area contributed by atoms with Crippen LogP contribution in [0.1, 0.15) is 35.3 Å². The number of aryl methyl sites for hydroxylation is 1. The molecule has 0 bridgehead atoms. The molecule has 0 aromatic carbocycles. The summed E-state index contributed by atoms with van der Waals surface area (Å²) in [6, 6.07) is 4.00. The Labute approximate surface area is 107 Å². The first-order valence-corrected chi connectivity index (χ1v) is 6.20. The number of nitrogens with zero attached hydrogens (tertiary/aromatic N) is 1. The van der Waals surface area contributed by atoms with Crippen molar-refractivity contribution in [2.75, 3.05) is 12.4 Å². The molecule has 5 heteroatoms. The van der Waals surface area contributed by atoms with Gasteiger partial charge in [-0.3, -0.25) is 0 Å². The van der Waals surface area contributed by atoms with Crippen LogP contribution in [0.5, 0.6) is 0 Å². The number of nitrogens with one attached hydrogen (secondary N) is 1. The summed E-state index contributed by atoms with van der Waals surface area (Å²) < 4.78 is 4.69. The van der Waals surface area contributed by atoms with Crippen LogP contribution in [0.3, 0.4) is 0 Å². The molecule has 3 N–H and O–H groups in total. The van der Waals surface area contributed by atoms with Crippen LogP contribution in [0, 0.1) is 6.92 Å². The molecular formula is C13H19N3O2. The lowest BCUT2D eigenvalue weighted by Gasteiger charge is -2.18. The molecule has 18 heavy (non-hydrogen) atoms. The molecule has 2 rings (SSSR count). The van der Waals surface area contributed by atoms with E-state index in [0.717, 1.165) is 25.1 Å². The highest BCUT2D eigenvalue weighted by Crippen LogP contribution is 2.21. The number of carbonyl (C=O) groups is 1. The maximum atomic E-state index is 11.4. The van der Waals surface area contributed by atoms with Gasteiger partial charge in [-0.1, -0.05) is 0 Å². The van der Waals surface area contributed by atoms with Crippen molar-refractivity contribution >= 4 is 11.8 Å². The third kappa shape index (κ3) is 2.61. The highest BCUT2D eigenvalue weighted by Gasteiger charge is 2.24. The van der Waals surface area contributed by atoms with Crippen LogP contribution in [-0.4, -0.2) is 30.1 Å². The number of pyridine rings is 1. The quantitative estimate of drug-likeness (QED) is 0.793. The Balaban J connectivity index is 2.11. The van der Waals surface area contributed by atoms with E-state index in [0.29, 0.717) is 11.3 Å². The number of rotatable bonds is 3. The minimum absolute atomic E-state index is 0.187. The second kappa shape index (κ2) is 5.35. The number of aromatic nitrogens is 1. The van der Waals surface area contributed by atoms with E-state index in [9.17, 15) is 4.79 Å². The number of nitrogens with two attached hydrogens (primary N) is 1. The molecule has 0 spiro atoms. The van der Waals surface area contributed by atoms with Crippen LogP contribution in [0.2, 0.25) is 0 Å². The van der Waals surface area contributed by atoms with Gasteiger partial charge < -0.3 is 15.8 Å². The number of ether oxygens (including phenoxy) is 1. The van der Waals surface area contributed by atoms with Gasteiger partial charge in [0.25, 0.3) is 0 Å². The molecule has 1 saturated carbocycles. The van der Waals surface area contributed by atoms with Gasteiger partial charge in [0.1, 0.15) is 5.82 Å². The van der Waals surface area contributed by atoms with Crippen molar-refractivity contribution in [3.8, 4) is 0 Å². The van der Waals surface area contributed by atoms with Crippen molar-refractivity contribution in [3.05, 3.63) is 23.4 Å². The third-order valence-electron chi connectivity index (χ3n) is 3.39. The van der Waals surface area contributed by atoms with Crippen LogP contribution in [0.25, 0.3) is 0 Å². The zero-order chi connectivity index (χ0) is 13.1. The molecule has 0 aliphatic heterocycles. The average Bonchev–Trinajstić information content (AvgIpc) is 2.74. The fourth-order valence-electron chi connectivity index (χ4n) is 2.33. The molecule has 5 nitrogen and oxygen atoms in total. The van der Waals surface area contributed by atoms with Crippen molar-refractivity contribution < 1.29 is 9.53 Å². The summed E-state index contributed by atoms with van der Waals surface area (Å²) in [5.74, 6) is 0.409. The minimum atomic E-state index is -0.357. The van der Waals surface area contributed by atoms with Gasteiger partial charge in [-0.05, 0) is 38.3 Å². The molecule has 1 aromatic rings. The maximum absolute atomic E-state index is 11.4. The Morgan fingerprint density at radius 3 is 2.83 bits per heavy atom. The van der Waals surface area contributed by atoms with Crippen molar-refractivity contribution in [2.24, 2.45) is 5.73 Å². The summed E-state index contributed by atoms with van der Waals surface area (Å²) in [6.07, 6.45) is 3.27. The number of hydrogen-bond donors (Lipinski definition) is 2. The van der Waals surface area contributed by atoms with Crippen LogP contribution in [0.4, 0.5) is 5.82 Å². The second-order valence-corrected chi connectivity index (χ2v) is 4.67. The molecule has 2 atom stereocenters. The maximum Gasteiger partial charge on any atom is 0.339 e. The lowest BCUT2D eigenvalue weighted by molar-refractivity contribution is 0.0599. The molecule has 1 heterocycles. The van der Waals surface area contributed by atoms with Gasteiger partial charge in [0.15, 0.2) is 0 Å². The topological polar surface area (TPSA) is 77.2 Å². The van der Waals surface area contributed by atoms with E-state index in [1.807, 2.05) is 0 Å². The first kappa shape index (κ1) is 12.8. The van der Waals surface area contributed by atoms with E-state index in [1.54, 1.807) is 19.1 Å². The monoisotopic (exact) mass is 249 g/mol. The lowest BCUT2D eigenvalue weighted by atomic mass is 10.1. The minimum Gasteiger partial charge on any atom is -0.465 e. The Hall–Kier alpha value is -1.62. The van der Waals surface area contributed by atoms with Crippen LogP contribution < -0.4 is 11.1 Å². The Morgan fingerprint density at radius 1 is 1.50 bits per heavy atom. The van der Waals surface area contributed by atoms with Crippen LogP contribution in [-0.2, 0) is 4.74 Å². The first-order valence-electron chi connectivity index (χ1n) is 6.20. The smallest absolute Gasteiger partial charge is 0.339 e. The average molecular weight is 249 g/mol. The summed E-state index contributed by atoms with van der Waals surface area (Å²) in [5.41, 5.74) is 7.16. The summed E-state index contributed by atoms with van der Waals surface area (Å²) >= 11 is 0. The van der Waals surface area contributed by atoms with Gasteiger partial charge in [-0.2, -0.15) is 0 Å². The number of carbonyl (C=O) groups excluding carboxylic acids is 1. The number of hydrogen-bond acceptors (Lipinski definition) is 5. The lowest BCUT2D eigenvalue weighted by Crippen LogP contribution is -2.35. The highest BCUT2D eigenvalue weighted by atomic mass is 16.5. The second-order valence-electron chi connectivity index (χ2n) is 4.67. The summed E-state index contributed by atoms with van der Waals surface area (Å²) in [5, 5.41) is 3.33. The van der Waals surface area contributed by atoms with Gasteiger partial charge in [0.05, 0.1) is 18.4 Å². The molecule has 0 amide bonds. The van der Waals surface area contributed by atoms with Crippen molar-refractivity contribution in [2.45, 2.75) is 38.3 Å². The van der Waals surface area contributed by atoms with E-state index in [4.69, 9.17) is 5.73 Å². The molecule has 1 aliphatic carbocycles. The number of methoxy groups -OCH3 is 1. The molecule has 98 valence electrons. The van der Waals surface area contributed by atoms with E-state index >= 15 is 0 Å². The Morgan fingerprint density at radius 2 is 2.28 bits per heavy atom. The molecule has 2 unspecified atom stereocenters. The van der Waals surface area contributed by atoms with E-state index in [1.165, 1.54) is 7.11 Å². The van der Waals surface area contributed by atoms with Gasteiger partial charge in [0, 0.05) is 12.1 Å². The van der Waals surface area contributed by atoms with Crippen molar-refractivity contribution in [1.82, 2.24) is 4.98 Å². The third-order valence-corrected chi connectivity index (χ3v) is 3.39. The Kier molecular flexibility index (Phi) is 3.81. The number of anilines is 1. The fourth-order valence-corrected chi connectivity index (χ4v) is 2.33. The zero-order valence-corrected chi connectivity index (χ0v) is 10.8. The van der Waals surface area contributed by atoms with Gasteiger partial charge in [-0.25, -0.2) is 9.78 Å². The van der Waals surface area contributed by atoms with Crippen LogP contribution in [0.15, 0.2) is 12.1 Å². The molecular weight excluding hydrogens is 230 g/mol. The number of esters is 1. The van der Waals surface area contributed by atoms with Gasteiger partial charge in [0.2, 0.25) is 0 Å². The molecule has 0 radical (unpaired) electrons. The normalized spacial score (nSPS) is 22.8. The largest absolute Gasteiger partial charge is 0.465 e. The van der Waals surface area contributed by atoms with E-state index in [-0.39, 0.29) is 18.1 Å². The van der Waals surface area contributed by atoms with Crippen molar-refractivity contribution in [3.63, 3.8) is 0 Å². The zero-order valence-electron chi connectivity index (χ0n) is 10.8. The van der Waals surface area contributed by atoms with Crippen molar-refractivity contribution in [1.29, 1.82) is 0 Å². The predicted molar refractivity (Wildman–Crippen MR) is 69.6 cm³/mol. The molecule has 0 saturated heterocycles. The molecule has 1 aromatic heterocycles. The highest BCUT2D eigenvalue weighted by molar-refractivity contribution is 5.90. The summed E-state index contributed by atoms with van der Waals surface area (Å²) in [4.78, 5) is 15.8. The molecule has 1 fully saturated rings. The Bertz CT molecular complexity index is 448. The van der Waals surface area contributed by atoms with Crippen LogP contribution >= 0.6 is 0 Å². The summed E-state index contributed by atoms with van der Waals surface area (Å²) in [6.45, 7) is 1.80. The summed E-state index contributed by atoms with van der Waals surface area (Å²) in [7, 11) is 1.37. The first-order chi connectivity index (χ1) is 8.61. The van der Waals surface area contributed by atoms with E-state index in [2.05, 4.69) is 15.0 Å². The predicted octanol–water partition coefficient (Wildman–Crippen LogP) is 1.47. The SMILES string of the molecule is COC(=O)c1ccc(NC2CCCC2N)nc1C. The standard InChI is InChI=1S/C13H19N3O2/c1-8-9(13(17)18-2)6-7-12(15-8)16-11-5-3-4-10(11)14/h6-7,10-11H,3-5,14H2,1-2H3,(H,15,16). The fraction of sp³-hybridized carbons (Fsp3) is 0.538.